The lowest BCUT2D eigenvalue weighted by Gasteiger charge is -2.25. The monoisotopic (exact) mass is 145 g/mol. The van der Waals surface area contributed by atoms with Gasteiger partial charge in [0.1, 0.15) is 0 Å². The molecule has 1 nitrogen and oxygen atoms in total. The van der Waals surface area contributed by atoms with Crippen molar-refractivity contribution in [2.75, 3.05) is 31.1 Å². The average molecular weight is 145 g/mol. The second-order valence-electron chi connectivity index (χ2n) is 2.45. The Balaban J connectivity index is 2.08. The maximum atomic E-state index is 2.55. The predicted octanol–water partition coefficient (Wildman–Crippen LogP) is 1.45. The zero-order valence-corrected chi connectivity index (χ0v) is 6.91. The summed E-state index contributed by atoms with van der Waals surface area (Å²) in [5.74, 6) is 2.69. The summed E-state index contributed by atoms with van der Waals surface area (Å²) in [4.78, 5) is 2.55. The van der Waals surface area contributed by atoms with E-state index in [1.54, 1.807) is 0 Å². The van der Waals surface area contributed by atoms with Crippen LogP contribution >= 0.6 is 11.8 Å². The molecule has 54 valence electrons. The number of rotatable bonds is 2. The van der Waals surface area contributed by atoms with Crippen LogP contribution < -0.4 is 0 Å². The highest BCUT2D eigenvalue weighted by Gasteiger charge is 2.07. The van der Waals surface area contributed by atoms with E-state index >= 15 is 0 Å². The van der Waals surface area contributed by atoms with Gasteiger partial charge in [-0.15, -0.1) is 0 Å². The Morgan fingerprint density at radius 1 is 1.33 bits per heavy atom. The van der Waals surface area contributed by atoms with Crippen molar-refractivity contribution in [2.45, 2.75) is 13.3 Å². The zero-order chi connectivity index (χ0) is 6.53. The minimum absolute atomic E-state index is 1.31. The molecular formula is C7H15NS. The van der Waals surface area contributed by atoms with Crippen molar-refractivity contribution in [3.8, 4) is 0 Å². The van der Waals surface area contributed by atoms with E-state index in [4.69, 9.17) is 0 Å². The van der Waals surface area contributed by atoms with Gasteiger partial charge >= 0.3 is 0 Å². The summed E-state index contributed by atoms with van der Waals surface area (Å²) in [6, 6.07) is 0. The Morgan fingerprint density at radius 2 is 2.00 bits per heavy atom. The van der Waals surface area contributed by atoms with Crippen molar-refractivity contribution in [1.82, 2.24) is 4.90 Å². The van der Waals surface area contributed by atoms with E-state index in [-0.39, 0.29) is 0 Å². The standard InChI is InChI=1S/C7H15NS/c1-2-3-8-4-6-9-7-5-8/h2-7H2,1H3. The summed E-state index contributed by atoms with van der Waals surface area (Å²) < 4.78 is 0. The summed E-state index contributed by atoms with van der Waals surface area (Å²) >= 11 is 2.08. The second-order valence-corrected chi connectivity index (χ2v) is 3.68. The summed E-state index contributed by atoms with van der Waals surface area (Å²) in [6.07, 6.45) is 1.31. The highest BCUT2D eigenvalue weighted by atomic mass is 32.2. The SMILES string of the molecule is CCCN1CCSCC1. The number of thioether (sulfide) groups is 1. The molecule has 1 aliphatic heterocycles. The maximum absolute atomic E-state index is 2.55. The van der Waals surface area contributed by atoms with Crippen LogP contribution in [0.3, 0.4) is 0 Å². The van der Waals surface area contributed by atoms with Crippen molar-refractivity contribution < 1.29 is 0 Å². The first-order valence-corrected chi connectivity index (χ1v) is 4.89. The molecule has 0 amide bonds. The number of hydrogen-bond acceptors (Lipinski definition) is 2. The average Bonchev–Trinajstić information content (AvgIpc) is 1.91. The van der Waals surface area contributed by atoms with Crippen molar-refractivity contribution in [2.24, 2.45) is 0 Å². The smallest absolute Gasteiger partial charge is 0.00727 e. The quantitative estimate of drug-likeness (QED) is 0.578. The van der Waals surface area contributed by atoms with E-state index < -0.39 is 0 Å². The van der Waals surface area contributed by atoms with Crippen LogP contribution in [0.4, 0.5) is 0 Å². The van der Waals surface area contributed by atoms with Gasteiger partial charge in [0, 0.05) is 24.6 Å². The molecular weight excluding hydrogens is 130 g/mol. The van der Waals surface area contributed by atoms with Crippen molar-refractivity contribution >= 4 is 11.8 Å². The molecule has 0 aliphatic carbocycles. The van der Waals surface area contributed by atoms with Crippen LogP contribution in [0.25, 0.3) is 0 Å². The Kier molecular flexibility index (Phi) is 3.44. The third-order valence-electron chi connectivity index (χ3n) is 1.64. The largest absolute Gasteiger partial charge is 0.302 e. The summed E-state index contributed by atoms with van der Waals surface area (Å²) in [5, 5.41) is 0. The normalized spacial score (nSPS) is 22.3. The van der Waals surface area contributed by atoms with Gasteiger partial charge in [0.15, 0.2) is 0 Å². The van der Waals surface area contributed by atoms with Gasteiger partial charge in [-0.05, 0) is 13.0 Å². The number of hydrogen-bond donors (Lipinski definition) is 0. The van der Waals surface area contributed by atoms with E-state index in [0.29, 0.717) is 0 Å². The van der Waals surface area contributed by atoms with Gasteiger partial charge in [-0.2, -0.15) is 11.8 Å². The van der Waals surface area contributed by atoms with Crippen LogP contribution in [0.2, 0.25) is 0 Å². The molecule has 2 heteroatoms. The van der Waals surface area contributed by atoms with E-state index in [0.717, 1.165) is 0 Å². The van der Waals surface area contributed by atoms with Gasteiger partial charge in [0.25, 0.3) is 0 Å². The summed E-state index contributed by atoms with van der Waals surface area (Å²) in [5.41, 5.74) is 0. The van der Waals surface area contributed by atoms with Crippen LogP contribution in [0.1, 0.15) is 13.3 Å². The fraction of sp³-hybridized carbons (Fsp3) is 1.00. The second kappa shape index (κ2) is 4.18. The van der Waals surface area contributed by atoms with Gasteiger partial charge in [0.2, 0.25) is 0 Å². The van der Waals surface area contributed by atoms with Crippen LogP contribution in [0, 0.1) is 0 Å². The molecule has 1 fully saturated rings. The van der Waals surface area contributed by atoms with Crippen molar-refractivity contribution in [3.05, 3.63) is 0 Å². The lowest BCUT2D eigenvalue weighted by Crippen LogP contribution is -2.32. The highest BCUT2D eigenvalue weighted by molar-refractivity contribution is 7.99. The molecule has 0 unspecified atom stereocenters. The first kappa shape index (κ1) is 7.42. The Bertz CT molecular complexity index is 66.6. The summed E-state index contributed by atoms with van der Waals surface area (Å²) in [6.45, 7) is 6.19. The van der Waals surface area contributed by atoms with Crippen molar-refractivity contribution in [3.63, 3.8) is 0 Å². The molecule has 0 spiro atoms. The van der Waals surface area contributed by atoms with E-state index in [1.807, 2.05) is 0 Å². The molecule has 1 saturated heterocycles. The van der Waals surface area contributed by atoms with Crippen LogP contribution in [-0.2, 0) is 0 Å². The Labute approximate surface area is 61.8 Å². The molecule has 9 heavy (non-hydrogen) atoms. The highest BCUT2D eigenvalue weighted by Crippen LogP contribution is 2.08. The van der Waals surface area contributed by atoms with Crippen LogP contribution in [0.5, 0.6) is 0 Å². The molecule has 0 aromatic heterocycles. The molecule has 0 radical (unpaired) electrons. The number of nitrogens with zero attached hydrogens (tertiary/aromatic N) is 1. The summed E-state index contributed by atoms with van der Waals surface area (Å²) in [7, 11) is 0. The zero-order valence-electron chi connectivity index (χ0n) is 6.10. The molecule has 1 heterocycles. The first-order valence-electron chi connectivity index (χ1n) is 3.73. The topological polar surface area (TPSA) is 3.24 Å². The lowest BCUT2D eigenvalue weighted by atomic mass is 10.4. The van der Waals surface area contributed by atoms with E-state index in [2.05, 4.69) is 23.6 Å². The van der Waals surface area contributed by atoms with E-state index in [1.165, 1.54) is 37.6 Å². The molecule has 0 N–H and O–H groups in total. The lowest BCUT2D eigenvalue weighted by molar-refractivity contribution is 0.303. The maximum Gasteiger partial charge on any atom is 0.00727 e. The van der Waals surface area contributed by atoms with Crippen LogP contribution in [0.15, 0.2) is 0 Å². The molecule has 1 rings (SSSR count). The minimum atomic E-state index is 1.31. The molecule has 0 bridgehead atoms. The van der Waals surface area contributed by atoms with Crippen LogP contribution in [-0.4, -0.2) is 36.0 Å². The van der Waals surface area contributed by atoms with Gasteiger partial charge < -0.3 is 4.90 Å². The molecule has 0 saturated carbocycles. The third kappa shape index (κ3) is 2.59. The third-order valence-corrected chi connectivity index (χ3v) is 2.59. The van der Waals surface area contributed by atoms with Gasteiger partial charge in [-0.1, -0.05) is 6.92 Å². The predicted molar refractivity (Wildman–Crippen MR) is 44.1 cm³/mol. The first-order chi connectivity index (χ1) is 4.43. The Morgan fingerprint density at radius 3 is 2.56 bits per heavy atom. The Hall–Kier alpha value is 0.310. The van der Waals surface area contributed by atoms with Gasteiger partial charge in [-0.25, -0.2) is 0 Å². The van der Waals surface area contributed by atoms with Gasteiger partial charge in [0.05, 0.1) is 0 Å². The molecule has 0 aromatic rings. The fourth-order valence-corrected chi connectivity index (χ4v) is 2.12. The molecule has 1 aliphatic rings. The molecule has 0 aromatic carbocycles. The minimum Gasteiger partial charge on any atom is -0.302 e. The van der Waals surface area contributed by atoms with Gasteiger partial charge in [-0.3, -0.25) is 0 Å². The van der Waals surface area contributed by atoms with Crippen molar-refractivity contribution in [1.29, 1.82) is 0 Å². The fourth-order valence-electron chi connectivity index (χ4n) is 1.14. The van der Waals surface area contributed by atoms with E-state index in [9.17, 15) is 0 Å². The molecule has 0 atom stereocenters.